The van der Waals surface area contributed by atoms with Crippen molar-refractivity contribution >= 4 is 11.7 Å². The lowest BCUT2D eigenvalue weighted by Crippen LogP contribution is -3.14. The van der Waals surface area contributed by atoms with Gasteiger partial charge >= 0.3 is 0 Å². The van der Waals surface area contributed by atoms with Crippen LogP contribution in [0.3, 0.4) is 0 Å². The fourth-order valence-corrected chi connectivity index (χ4v) is 4.84. The highest BCUT2D eigenvalue weighted by Crippen LogP contribution is 2.36. The molecule has 1 amide bonds. The van der Waals surface area contributed by atoms with Crippen molar-refractivity contribution in [2.24, 2.45) is 5.92 Å². The number of piperidine rings is 1. The third kappa shape index (κ3) is 3.96. The fourth-order valence-electron chi connectivity index (χ4n) is 4.84. The first-order chi connectivity index (χ1) is 12.5. The molecular formula is C21H33N4O+. The van der Waals surface area contributed by atoms with E-state index in [4.69, 9.17) is 0 Å². The average Bonchev–Trinajstić information content (AvgIpc) is 2.85. The van der Waals surface area contributed by atoms with Crippen molar-refractivity contribution in [3.63, 3.8) is 0 Å². The minimum Gasteiger partial charge on any atom is -0.327 e. The van der Waals surface area contributed by atoms with Gasteiger partial charge in [-0.15, -0.1) is 0 Å². The smallest absolute Gasteiger partial charge is 0.280 e. The van der Waals surface area contributed by atoms with Crippen LogP contribution >= 0.6 is 0 Å². The van der Waals surface area contributed by atoms with E-state index in [1.807, 2.05) is 6.92 Å². The number of likely N-dealkylation sites (tertiary alicyclic amines) is 1. The van der Waals surface area contributed by atoms with E-state index in [1.165, 1.54) is 37.0 Å². The number of carbonyl (C=O) groups is 1. The van der Waals surface area contributed by atoms with Crippen LogP contribution in [0.2, 0.25) is 0 Å². The van der Waals surface area contributed by atoms with Crippen molar-refractivity contribution < 1.29 is 9.69 Å². The Hall–Kier alpha value is -1.80. The lowest BCUT2D eigenvalue weighted by atomic mass is 9.95. The van der Waals surface area contributed by atoms with Gasteiger partial charge < -0.3 is 14.8 Å². The highest BCUT2D eigenvalue weighted by Gasteiger charge is 2.27. The summed E-state index contributed by atoms with van der Waals surface area (Å²) in [5.74, 6) is 1.47. The van der Waals surface area contributed by atoms with E-state index < -0.39 is 0 Å². The SMILES string of the molecule is Cc1c(C#N)c(NC(=O)C[NH+]2CCC[C@@H](C)C2)n(C2CCCCC2)c1C. The molecule has 0 bridgehead atoms. The average molecular weight is 358 g/mol. The van der Waals surface area contributed by atoms with Crippen molar-refractivity contribution in [1.29, 1.82) is 5.26 Å². The van der Waals surface area contributed by atoms with E-state index in [0.29, 0.717) is 24.1 Å². The van der Waals surface area contributed by atoms with Gasteiger partial charge in [-0.1, -0.05) is 26.2 Å². The van der Waals surface area contributed by atoms with Crippen molar-refractivity contribution in [2.75, 3.05) is 25.0 Å². The number of quaternary nitrogens is 1. The Bertz CT molecular complexity index is 694. The quantitative estimate of drug-likeness (QED) is 0.870. The normalized spacial score (nSPS) is 24.2. The summed E-state index contributed by atoms with van der Waals surface area (Å²) in [6, 6.07) is 2.74. The molecule has 2 heterocycles. The summed E-state index contributed by atoms with van der Waals surface area (Å²) in [4.78, 5) is 14.1. The number of nitrogens with one attached hydrogen (secondary N) is 2. The second-order valence-corrected chi connectivity index (χ2v) is 8.38. The summed E-state index contributed by atoms with van der Waals surface area (Å²) >= 11 is 0. The molecule has 5 nitrogen and oxygen atoms in total. The number of hydrogen-bond donors (Lipinski definition) is 2. The molecule has 3 rings (SSSR count). The number of anilines is 1. The highest BCUT2D eigenvalue weighted by atomic mass is 16.2. The minimum atomic E-state index is 0.0418. The van der Waals surface area contributed by atoms with Crippen LogP contribution in [-0.2, 0) is 4.79 Å². The topological polar surface area (TPSA) is 62.3 Å². The Morgan fingerprint density at radius 3 is 2.62 bits per heavy atom. The Kier molecular flexibility index (Phi) is 6.03. The molecule has 1 saturated heterocycles. The molecule has 142 valence electrons. The van der Waals surface area contributed by atoms with Crippen molar-refractivity contribution in [3.8, 4) is 6.07 Å². The van der Waals surface area contributed by atoms with Crippen LogP contribution in [0.4, 0.5) is 5.82 Å². The standard InChI is InChI=1S/C21H32N4O/c1-15-8-7-11-24(13-15)14-20(26)23-21-19(12-22)16(2)17(3)25(21)18-9-5-4-6-10-18/h15,18H,4-11,13-14H2,1-3H3,(H,23,26)/p+1/t15-/m1/s1. The second-order valence-electron chi connectivity index (χ2n) is 8.38. The number of carbonyl (C=O) groups excluding carboxylic acids is 1. The molecule has 1 aliphatic carbocycles. The maximum atomic E-state index is 12.8. The zero-order valence-corrected chi connectivity index (χ0v) is 16.5. The Morgan fingerprint density at radius 1 is 1.23 bits per heavy atom. The summed E-state index contributed by atoms with van der Waals surface area (Å²) in [7, 11) is 0. The van der Waals surface area contributed by atoms with Gasteiger partial charge in [0, 0.05) is 17.7 Å². The lowest BCUT2D eigenvalue weighted by molar-refractivity contribution is -0.900. The van der Waals surface area contributed by atoms with Gasteiger partial charge in [0.05, 0.1) is 18.7 Å². The maximum absolute atomic E-state index is 12.8. The van der Waals surface area contributed by atoms with E-state index >= 15 is 0 Å². The van der Waals surface area contributed by atoms with E-state index in [1.54, 1.807) is 0 Å². The van der Waals surface area contributed by atoms with Gasteiger partial charge in [-0.3, -0.25) is 4.79 Å². The maximum Gasteiger partial charge on any atom is 0.280 e. The van der Waals surface area contributed by atoms with Crippen LogP contribution in [0, 0.1) is 31.1 Å². The van der Waals surface area contributed by atoms with Gasteiger partial charge in [-0.25, -0.2) is 0 Å². The summed E-state index contributed by atoms with van der Waals surface area (Å²) in [5, 5.41) is 12.8. The lowest BCUT2D eigenvalue weighted by Gasteiger charge is -2.28. The van der Waals surface area contributed by atoms with Crippen LogP contribution in [0.5, 0.6) is 0 Å². The molecule has 1 aromatic rings. The Balaban J connectivity index is 1.80. The number of nitrogens with zero attached hydrogens (tertiary/aromatic N) is 2. The van der Waals surface area contributed by atoms with E-state index in [9.17, 15) is 10.1 Å². The van der Waals surface area contributed by atoms with Crippen LogP contribution in [0.25, 0.3) is 0 Å². The Morgan fingerprint density at radius 2 is 1.96 bits per heavy atom. The zero-order valence-electron chi connectivity index (χ0n) is 16.5. The van der Waals surface area contributed by atoms with E-state index in [2.05, 4.69) is 29.8 Å². The van der Waals surface area contributed by atoms with E-state index in [-0.39, 0.29) is 5.91 Å². The Labute approximate surface area is 157 Å². The number of amides is 1. The third-order valence-corrected chi connectivity index (χ3v) is 6.34. The van der Waals surface area contributed by atoms with Crippen LogP contribution < -0.4 is 10.2 Å². The van der Waals surface area contributed by atoms with Gasteiger partial charge in [-0.2, -0.15) is 5.26 Å². The first-order valence-corrected chi connectivity index (χ1v) is 10.3. The van der Waals surface area contributed by atoms with Gasteiger partial charge in [-0.05, 0) is 45.1 Å². The monoisotopic (exact) mass is 357 g/mol. The molecule has 2 N–H and O–H groups in total. The van der Waals surface area contributed by atoms with E-state index in [0.717, 1.165) is 43.0 Å². The number of nitriles is 1. The van der Waals surface area contributed by atoms with Crippen molar-refractivity contribution in [3.05, 3.63) is 16.8 Å². The molecule has 2 aliphatic rings. The van der Waals surface area contributed by atoms with Crippen LogP contribution in [-0.4, -0.2) is 30.1 Å². The molecule has 26 heavy (non-hydrogen) atoms. The van der Waals surface area contributed by atoms with Gasteiger partial charge in [0.2, 0.25) is 0 Å². The molecule has 2 atom stereocenters. The molecule has 1 aromatic heterocycles. The number of aromatic nitrogens is 1. The van der Waals surface area contributed by atoms with Gasteiger partial charge in [0.15, 0.2) is 6.54 Å². The summed E-state index contributed by atoms with van der Waals surface area (Å²) < 4.78 is 2.25. The molecule has 2 fully saturated rings. The van der Waals surface area contributed by atoms with Gasteiger partial charge in [0.25, 0.3) is 5.91 Å². The minimum absolute atomic E-state index is 0.0418. The largest absolute Gasteiger partial charge is 0.327 e. The van der Waals surface area contributed by atoms with Gasteiger partial charge in [0.1, 0.15) is 11.9 Å². The number of rotatable bonds is 4. The van der Waals surface area contributed by atoms with Crippen molar-refractivity contribution in [1.82, 2.24) is 4.57 Å². The third-order valence-electron chi connectivity index (χ3n) is 6.34. The van der Waals surface area contributed by atoms with Crippen LogP contribution in [0.15, 0.2) is 0 Å². The first-order valence-electron chi connectivity index (χ1n) is 10.3. The number of hydrogen-bond acceptors (Lipinski definition) is 2. The summed E-state index contributed by atoms with van der Waals surface area (Å²) in [5.41, 5.74) is 2.78. The second kappa shape index (κ2) is 8.26. The molecule has 1 aliphatic heterocycles. The first kappa shape index (κ1) is 19.0. The van der Waals surface area contributed by atoms with Crippen LogP contribution in [0.1, 0.15) is 74.7 Å². The molecule has 0 radical (unpaired) electrons. The molecule has 5 heteroatoms. The zero-order chi connectivity index (χ0) is 18.7. The molecule has 0 spiro atoms. The predicted octanol–water partition coefficient (Wildman–Crippen LogP) is 2.74. The van der Waals surface area contributed by atoms with Crippen molar-refractivity contribution in [2.45, 2.75) is 71.8 Å². The fraction of sp³-hybridized carbons (Fsp3) is 0.714. The molecule has 1 unspecified atom stereocenters. The predicted molar refractivity (Wildman–Crippen MR) is 103 cm³/mol. The molecule has 0 aromatic carbocycles. The summed E-state index contributed by atoms with van der Waals surface area (Å²) in [6.07, 6.45) is 8.49. The highest BCUT2D eigenvalue weighted by molar-refractivity contribution is 5.92. The molecular weight excluding hydrogens is 324 g/mol. The molecule has 1 saturated carbocycles. The summed E-state index contributed by atoms with van der Waals surface area (Å²) in [6.45, 7) is 9.00.